The second-order valence-corrected chi connectivity index (χ2v) is 13.3. The van der Waals surface area contributed by atoms with Crippen molar-refractivity contribution in [2.24, 2.45) is 0 Å². The van der Waals surface area contributed by atoms with Crippen molar-refractivity contribution in [2.75, 3.05) is 45.4 Å². The maximum absolute atomic E-state index is 13.3. The van der Waals surface area contributed by atoms with E-state index in [1.165, 1.54) is 0 Å². The number of likely N-dealkylation sites (N-methyl/N-ethyl adjacent to an activating group) is 1. The molecule has 0 aliphatic carbocycles. The lowest BCUT2D eigenvalue weighted by Crippen LogP contribution is -2.21. The van der Waals surface area contributed by atoms with Gasteiger partial charge in [-0.2, -0.15) is 0 Å². The number of hydrogen-bond acceptors (Lipinski definition) is 6. The lowest BCUT2D eigenvalue weighted by Gasteiger charge is -2.20. The minimum atomic E-state index is -2.62. The maximum atomic E-state index is 13.3. The number of aryl methyl sites for hydroxylation is 1. The molecule has 0 radical (unpaired) electrons. The van der Waals surface area contributed by atoms with Crippen LogP contribution >= 0.6 is 7.14 Å². The number of ether oxygens (including phenoxy) is 2. The number of aromatic nitrogens is 2. The molecule has 4 aromatic rings. The highest BCUT2D eigenvalue weighted by atomic mass is 31.2. The highest BCUT2D eigenvalue weighted by Gasteiger charge is 2.23. The number of rotatable bonds is 8. The van der Waals surface area contributed by atoms with Gasteiger partial charge in [-0.05, 0) is 94.2 Å². The van der Waals surface area contributed by atoms with Gasteiger partial charge in [0.05, 0.1) is 23.3 Å². The molecule has 2 N–H and O–H groups in total. The van der Waals surface area contributed by atoms with Crippen molar-refractivity contribution in [1.29, 1.82) is 0 Å². The normalized spacial score (nSPS) is 16.3. The summed E-state index contributed by atoms with van der Waals surface area (Å²) < 4.78 is 25.3. The summed E-state index contributed by atoms with van der Waals surface area (Å²) in [7, 11) is -0.497. The lowest BCUT2D eigenvalue weighted by molar-refractivity contribution is 0.208. The molecule has 5 rings (SSSR count). The van der Waals surface area contributed by atoms with Crippen molar-refractivity contribution in [3.8, 4) is 22.8 Å². The third kappa shape index (κ3) is 5.39. The number of aromatic amines is 1. The van der Waals surface area contributed by atoms with Crippen LogP contribution in [-0.2, 0) is 4.57 Å². The molecule has 194 valence electrons. The molecule has 1 saturated heterocycles. The number of anilines is 2. The number of fused-ring (bicyclic) bond motifs is 1. The zero-order valence-corrected chi connectivity index (χ0v) is 23.1. The Kier molecular flexibility index (Phi) is 7.02. The summed E-state index contributed by atoms with van der Waals surface area (Å²) in [5, 5.41) is 5.27. The standard InChI is InChI=1S/C29H35N4O3P/c1-6-35-26-9-7-8-24(28(26)37(4,5)34)31-27-19(2)17-30-29-23(27)16-25(32-29)20-10-12-21(13-11-20)36-22-14-15-33(3)18-22/h7-13,16-17,22H,6,14-15,18H2,1-5H3,(H2,30,31,32). The molecule has 7 nitrogen and oxygen atoms in total. The zero-order chi connectivity index (χ0) is 26.2. The first kappa shape index (κ1) is 25.4. The molecule has 2 aromatic carbocycles. The predicted octanol–water partition coefficient (Wildman–Crippen LogP) is 6.01. The van der Waals surface area contributed by atoms with Crippen LogP contribution in [0.3, 0.4) is 0 Å². The third-order valence-corrected chi connectivity index (χ3v) is 8.30. The van der Waals surface area contributed by atoms with E-state index in [2.05, 4.69) is 45.4 Å². The van der Waals surface area contributed by atoms with E-state index < -0.39 is 7.14 Å². The monoisotopic (exact) mass is 518 g/mol. The van der Waals surface area contributed by atoms with Crippen LogP contribution in [0.2, 0.25) is 0 Å². The van der Waals surface area contributed by atoms with E-state index in [-0.39, 0.29) is 6.10 Å². The lowest BCUT2D eigenvalue weighted by atomic mass is 10.1. The molecule has 0 bridgehead atoms. The van der Waals surface area contributed by atoms with Crippen molar-refractivity contribution in [1.82, 2.24) is 14.9 Å². The molecule has 1 aliphatic rings. The molecule has 1 fully saturated rings. The van der Waals surface area contributed by atoms with Crippen LogP contribution in [0.1, 0.15) is 18.9 Å². The van der Waals surface area contributed by atoms with Crippen LogP contribution in [0.4, 0.5) is 11.4 Å². The molecular formula is C29H35N4O3P. The highest BCUT2D eigenvalue weighted by molar-refractivity contribution is 7.70. The van der Waals surface area contributed by atoms with Crippen molar-refractivity contribution in [3.63, 3.8) is 0 Å². The summed E-state index contributed by atoms with van der Waals surface area (Å²) in [5.74, 6) is 1.55. The Morgan fingerprint density at radius 3 is 2.65 bits per heavy atom. The van der Waals surface area contributed by atoms with Gasteiger partial charge in [-0.15, -0.1) is 0 Å². The van der Waals surface area contributed by atoms with Crippen molar-refractivity contribution in [2.45, 2.75) is 26.4 Å². The van der Waals surface area contributed by atoms with Gasteiger partial charge in [0, 0.05) is 30.4 Å². The molecule has 1 aliphatic heterocycles. The highest BCUT2D eigenvalue weighted by Crippen LogP contribution is 2.43. The Morgan fingerprint density at radius 2 is 1.97 bits per heavy atom. The molecule has 37 heavy (non-hydrogen) atoms. The topological polar surface area (TPSA) is 79.5 Å². The third-order valence-electron chi connectivity index (χ3n) is 6.76. The van der Waals surface area contributed by atoms with Crippen molar-refractivity contribution >= 4 is 34.9 Å². The summed E-state index contributed by atoms with van der Waals surface area (Å²) >= 11 is 0. The molecular weight excluding hydrogens is 483 g/mol. The van der Waals surface area contributed by atoms with E-state index in [1.54, 1.807) is 13.3 Å². The summed E-state index contributed by atoms with van der Waals surface area (Å²) in [6.45, 7) is 10.1. The van der Waals surface area contributed by atoms with E-state index in [4.69, 9.17) is 9.47 Å². The molecule has 0 saturated carbocycles. The number of nitrogens with one attached hydrogen (secondary N) is 2. The fourth-order valence-corrected chi connectivity index (χ4v) is 6.36. The van der Waals surface area contributed by atoms with Gasteiger partial charge in [0.2, 0.25) is 0 Å². The Bertz CT molecular complexity index is 1460. The largest absolute Gasteiger partial charge is 0.493 e. The molecule has 8 heteroatoms. The Hall–Kier alpha value is -3.28. The molecule has 0 spiro atoms. The number of H-pyrrole nitrogens is 1. The summed E-state index contributed by atoms with van der Waals surface area (Å²) in [4.78, 5) is 10.4. The number of hydrogen-bond donors (Lipinski definition) is 2. The minimum absolute atomic E-state index is 0.248. The number of likely N-dealkylation sites (tertiary alicyclic amines) is 1. The molecule has 3 heterocycles. The SMILES string of the molecule is CCOc1cccc(Nc2c(C)cnc3[nH]c(-c4ccc(OC5CCN(C)C5)cc4)cc23)c1P(C)(C)=O. The second-order valence-electron chi connectivity index (χ2n) is 10.1. The van der Waals surface area contributed by atoms with Gasteiger partial charge in [0.1, 0.15) is 30.4 Å². The van der Waals surface area contributed by atoms with E-state index in [0.29, 0.717) is 12.4 Å². The summed E-state index contributed by atoms with van der Waals surface area (Å²) in [6, 6.07) is 16.1. The maximum Gasteiger partial charge on any atom is 0.139 e. The number of benzene rings is 2. The fourth-order valence-electron chi connectivity index (χ4n) is 4.98. The van der Waals surface area contributed by atoms with Crippen molar-refractivity contribution in [3.05, 3.63) is 60.3 Å². The molecule has 1 unspecified atom stereocenters. The smallest absolute Gasteiger partial charge is 0.139 e. The molecule has 2 aromatic heterocycles. The van der Waals surface area contributed by atoms with Crippen LogP contribution in [0.15, 0.2) is 54.7 Å². The van der Waals surface area contributed by atoms with Crippen molar-refractivity contribution < 1.29 is 14.0 Å². The molecule has 1 atom stereocenters. The van der Waals surface area contributed by atoms with E-state index in [9.17, 15) is 4.57 Å². The van der Waals surface area contributed by atoms with Crippen LogP contribution in [0.5, 0.6) is 11.5 Å². The Morgan fingerprint density at radius 1 is 1.19 bits per heavy atom. The zero-order valence-electron chi connectivity index (χ0n) is 22.2. The number of pyridine rings is 1. The number of nitrogens with zero attached hydrogens (tertiary/aromatic N) is 2. The van der Waals surface area contributed by atoms with Gasteiger partial charge >= 0.3 is 0 Å². The van der Waals surface area contributed by atoms with Gasteiger partial charge in [-0.25, -0.2) is 4.98 Å². The Labute approximate surface area is 218 Å². The van der Waals surface area contributed by atoms with Gasteiger partial charge < -0.3 is 29.2 Å². The first-order valence-corrected chi connectivity index (χ1v) is 15.4. The molecule has 0 amide bonds. The predicted molar refractivity (Wildman–Crippen MR) is 153 cm³/mol. The van der Waals surface area contributed by atoms with E-state index in [0.717, 1.165) is 69.8 Å². The van der Waals surface area contributed by atoms with Crippen LogP contribution in [-0.4, -0.2) is 61.0 Å². The quantitative estimate of drug-likeness (QED) is 0.278. The van der Waals surface area contributed by atoms with Gasteiger partial charge in [0.25, 0.3) is 0 Å². The fraction of sp³-hybridized carbons (Fsp3) is 0.345. The van der Waals surface area contributed by atoms with Gasteiger partial charge in [-0.3, -0.25) is 0 Å². The van der Waals surface area contributed by atoms with Crippen LogP contribution < -0.4 is 20.1 Å². The van der Waals surface area contributed by atoms with E-state index >= 15 is 0 Å². The summed E-state index contributed by atoms with van der Waals surface area (Å²) in [5.41, 5.74) is 5.54. The van der Waals surface area contributed by atoms with Crippen LogP contribution in [0, 0.1) is 6.92 Å². The Balaban J connectivity index is 1.47. The first-order chi connectivity index (χ1) is 17.7. The minimum Gasteiger partial charge on any atom is -0.493 e. The van der Waals surface area contributed by atoms with Crippen LogP contribution in [0.25, 0.3) is 22.3 Å². The van der Waals surface area contributed by atoms with Gasteiger partial charge in [-0.1, -0.05) is 6.07 Å². The van der Waals surface area contributed by atoms with Gasteiger partial charge in [0.15, 0.2) is 0 Å². The second kappa shape index (κ2) is 10.2. The average Bonchev–Trinajstić information content (AvgIpc) is 3.47. The average molecular weight is 519 g/mol. The summed E-state index contributed by atoms with van der Waals surface area (Å²) in [6.07, 6.45) is 3.16. The van der Waals surface area contributed by atoms with E-state index in [1.807, 2.05) is 50.4 Å². The first-order valence-electron chi connectivity index (χ1n) is 12.7.